The lowest BCUT2D eigenvalue weighted by atomic mass is 9.89. The number of nitrogens with zero attached hydrogens (tertiary/aromatic N) is 1. The molecule has 1 unspecified atom stereocenters. The Balaban J connectivity index is 2.52. The van der Waals surface area contributed by atoms with E-state index in [2.05, 4.69) is 0 Å². The van der Waals surface area contributed by atoms with Crippen molar-refractivity contribution in [1.29, 1.82) is 0 Å². The highest BCUT2D eigenvalue weighted by Gasteiger charge is 2.22. The summed E-state index contributed by atoms with van der Waals surface area (Å²) in [5, 5.41) is 9.51. The number of esters is 1. The van der Waals surface area contributed by atoms with Crippen molar-refractivity contribution in [2.75, 3.05) is 6.61 Å². The average Bonchev–Trinajstić information content (AvgIpc) is 2.56. The van der Waals surface area contributed by atoms with Crippen LogP contribution < -0.4 is 5.56 Å². The molecular formula is C19H23NO4. The van der Waals surface area contributed by atoms with Crippen LogP contribution in [0.1, 0.15) is 41.6 Å². The van der Waals surface area contributed by atoms with Crippen LogP contribution in [-0.4, -0.2) is 22.2 Å². The highest BCUT2D eigenvalue weighted by molar-refractivity contribution is 5.71. The van der Waals surface area contributed by atoms with Gasteiger partial charge in [0, 0.05) is 24.7 Å². The van der Waals surface area contributed by atoms with E-state index in [4.69, 9.17) is 4.74 Å². The number of aliphatic hydroxyl groups is 1. The number of aryl methyl sites for hydroxylation is 1. The fourth-order valence-corrected chi connectivity index (χ4v) is 2.79. The summed E-state index contributed by atoms with van der Waals surface area (Å²) < 4.78 is 6.63. The van der Waals surface area contributed by atoms with Gasteiger partial charge in [-0.2, -0.15) is 0 Å². The predicted molar refractivity (Wildman–Crippen MR) is 91.9 cm³/mol. The van der Waals surface area contributed by atoms with Crippen LogP contribution in [0, 0.1) is 6.92 Å². The minimum atomic E-state index is -0.315. The lowest BCUT2D eigenvalue weighted by molar-refractivity contribution is -0.143. The largest absolute Gasteiger partial charge is 0.466 e. The maximum absolute atomic E-state index is 12.1. The Hall–Kier alpha value is -2.40. The summed E-state index contributed by atoms with van der Waals surface area (Å²) in [5.41, 5.74) is 3.28. The zero-order valence-electron chi connectivity index (χ0n) is 14.3. The molecule has 1 N–H and O–H groups in total. The molecule has 0 saturated heterocycles. The molecule has 0 aliphatic rings. The SMILES string of the molecule is CCOC(=O)CC(c1ccc(C)c(CO)c1)c1cccc(=O)n1C. The molecule has 128 valence electrons. The van der Waals surface area contributed by atoms with Crippen molar-refractivity contribution in [1.82, 2.24) is 4.57 Å². The van der Waals surface area contributed by atoms with Crippen LogP contribution in [0.15, 0.2) is 41.2 Å². The first-order valence-corrected chi connectivity index (χ1v) is 7.99. The third kappa shape index (κ3) is 3.92. The fourth-order valence-electron chi connectivity index (χ4n) is 2.79. The Morgan fingerprint density at radius 3 is 2.71 bits per heavy atom. The second-order valence-electron chi connectivity index (χ2n) is 5.75. The van der Waals surface area contributed by atoms with Crippen LogP contribution in [0.25, 0.3) is 0 Å². The molecular weight excluding hydrogens is 306 g/mol. The number of hydrogen-bond acceptors (Lipinski definition) is 4. The molecule has 1 atom stereocenters. The van der Waals surface area contributed by atoms with Gasteiger partial charge in [-0.05, 0) is 36.6 Å². The molecule has 5 heteroatoms. The molecule has 0 radical (unpaired) electrons. The minimum Gasteiger partial charge on any atom is -0.466 e. The first-order valence-electron chi connectivity index (χ1n) is 7.99. The first kappa shape index (κ1) is 17.9. The van der Waals surface area contributed by atoms with Gasteiger partial charge in [0.1, 0.15) is 0 Å². The van der Waals surface area contributed by atoms with Gasteiger partial charge in [0.2, 0.25) is 5.56 Å². The second kappa shape index (κ2) is 7.93. The molecule has 1 aromatic heterocycles. The third-order valence-corrected chi connectivity index (χ3v) is 4.20. The molecule has 0 saturated carbocycles. The molecule has 0 spiro atoms. The first-order chi connectivity index (χ1) is 11.5. The van der Waals surface area contributed by atoms with Gasteiger partial charge >= 0.3 is 5.97 Å². The van der Waals surface area contributed by atoms with E-state index in [0.29, 0.717) is 6.61 Å². The van der Waals surface area contributed by atoms with Crippen LogP contribution in [-0.2, 0) is 23.2 Å². The van der Waals surface area contributed by atoms with Crippen molar-refractivity contribution < 1.29 is 14.6 Å². The van der Waals surface area contributed by atoms with Gasteiger partial charge in [-0.1, -0.05) is 24.3 Å². The summed E-state index contributed by atoms with van der Waals surface area (Å²) in [5.74, 6) is -0.626. The van der Waals surface area contributed by atoms with Gasteiger partial charge < -0.3 is 14.4 Å². The van der Waals surface area contributed by atoms with Gasteiger partial charge in [0.15, 0.2) is 0 Å². The Kier molecular flexibility index (Phi) is 5.93. The van der Waals surface area contributed by atoms with Gasteiger partial charge in [0.05, 0.1) is 19.6 Å². The van der Waals surface area contributed by atoms with Crippen molar-refractivity contribution in [3.8, 4) is 0 Å². The monoisotopic (exact) mass is 329 g/mol. The van der Waals surface area contributed by atoms with Crippen molar-refractivity contribution >= 4 is 5.97 Å². The number of carbonyl (C=O) groups is 1. The van der Waals surface area contributed by atoms with Crippen LogP contribution in [0.4, 0.5) is 0 Å². The van der Waals surface area contributed by atoms with Gasteiger partial charge in [-0.3, -0.25) is 9.59 Å². The Morgan fingerprint density at radius 1 is 1.29 bits per heavy atom. The van der Waals surface area contributed by atoms with E-state index >= 15 is 0 Å². The second-order valence-corrected chi connectivity index (χ2v) is 5.75. The molecule has 5 nitrogen and oxygen atoms in total. The third-order valence-electron chi connectivity index (χ3n) is 4.20. The molecule has 1 heterocycles. The van der Waals surface area contributed by atoms with Gasteiger partial charge in [-0.15, -0.1) is 0 Å². The standard InChI is InChI=1S/C19H23NO4/c1-4-24-19(23)11-16(17-6-5-7-18(22)20(17)3)14-9-8-13(2)15(10-14)12-21/h5-10,16,21H,4,11-12H2,1-3H3. The van der Waals surface area contributed by atoms with E-state index in [1.807, 2.05) is 31.2 Å². The van der Waals surface area contributed by atoms with Crippen molar-refractivity contribution in [3.05, 3.63) is 69.1 Å². The predicted octanol–water partition coefficient (Wildman–Crippen LogP) is 2.27. The highest BCUT2D eigenvalue weighted by Crippen LogP contribution is 2.29. The molecule has 2 aromatic rings. The summed E-state index contributed by atoms with van der Waals surface area (Å²) in [4.78, 5) is 24.0. The van der Waals surface area contributed by atoms with E-state index in [1.165, 1.54) is 6.07 Å². The number of carbonyl (C=O) groups excluding carboxylic acids is 1. The van der Waals surface area contributed by atoms with Crippen LogP contribution in [0.5, 0.6) is 0 Å². The number of aromatic nitrogens is 1. The Morgan fingerprint density at radius 2 is 2.04 bits per heavy atom. The quantitative estimate of drug-likeness (QED) is 0.826. The summed E-state index contributed by atoms with van der Waals surface area (Å²) in [7, 11) is 1.69. The topological polar surface area (TPSA) is 68.5 Å². The van der Waals surface area contributed by atoms with Gasteiger partial charge in [0.25, 0.3) is 0 Å². The zero-order chi connectivity index (χ0) is 17.7. The minimum absolute atomic E-state index is 0.0699. The number of rotatable bonds is 6. The number of benzene rings is 1. The lowest BCUT2D eigenvalue weighted by Crippen LogP contribution is -2.23. The molecule has 0 aliphatic carbocycles. The van der Waals surface area contributed by atoms with Crippen LogP contribution in [0.3, 0.4) is 0 Å². The van der Waals surface area contributed by atoms with Crippen molar-refractivity contribution in [2.45, 2.75) is 32.8 Å². The maximum atomic E-state index is 12.1. The average molecular weight is 329 g/mol. The summed E-state index contributed by atoms with van der Waals surface area (Å²) in [6.45, 7) is 3.93. The molecule has 2 rings (SSSR count). The molecule has 0 fully saturated rings. The van der Waals surface area contributed by atoms with Crippen LogP contribution >= 0.6 is 0 Å². The molecule has 0 amide bonds. The molecule has 24 heavy (non-hydrogen) atoms. The van der Waals surface area contributed by atoms with E-state index in [-0.39, 0.29) is 30.5 Å². The van der Waals surface area contributed by atoms with E-state index in [1.54, 1.807) is 24.6 Å². The number of hydrogen-bond donors (Lipinski definition) is 1. The smallest absolute Gasteiger partial charge is 0.306 e. The fraction of sp³-hybridized carbons (Fsp3) is 0.368. The number of ether oxygens (including phenoxy) is 1. The summed E-state index contributed by atoms with van der Waals surface area (Å²) in [6.07, 6.45) is 0.138. The zero-order valence-corrected chi connectivity index (χ0v) is 14.3. The van der Waals surface area contributed by atoms with Crippen molar-refractivity contribution in [2.24, 2.45) is 7.05 Å². The van der Waals surface area contributed by atoms with E-state index < -0.39 is 0 Å². The lowest BCUT2D eigenvalue weighted by Gasteiger charge is -2.21. The van der Waals surface area contributed by atoms with E-state index in [0.717, 1.165) is 22.4 Å². The van der Waals surface area contributed by atoms with Gasteiger partial charge in [-0.25, -0.2) is 0 Å². The molecule has 0 aliphatic heterocycles. The maximum Gasteiger partial charge on any atom is 0.306 e. The molecule has 0 bridgehead atoms. The Labute approximate surface area is 141 Å². The normalized spacial score (nSPS) is 12.0. The summed E-state index contributed by atoms with van der Waals surface area (Å²) in [6, 6.07) is 10.7. The van der Waals surface area contributed by atoms with E-state index in [9.17, 15) is 14.7 Å². The summed E-state index contributed by atoms with van der Waals surface area (Å²) >= 11 is 0. The highest BCUT2D eigenvalue weighted by atomic mass is 16.5. The molecule has 1 aromatic carbocycles. The number of aliphatic hydroxyl groups excluding tert-OH is 1. The Bertz CT molecular complexity index is 779. The van der Waals surface area contributed by atoms with Crippen LogP contribution in [0.2, 0.25) is 0 Å². The number of pyridine rings is 1. The van der Waals surface area contributed by atoms with Crippen molar-refractivity contribution in [3.63, 3.8) is 0 Å².